The normalized spacial score (nSPS) is 10.7. The van der Waals surface area contributed by atoms with Crippen molar-refractivity contribution < 1.29 is 9.59 Å². The number of carbonyl (C=O) groups excluding carboxylic acids is 2. The van der Waals surface area contributed by atoms with Crippen LogP contribution in [0.4, 0.5) is 5.69 Å². The van der Waals surface area contributed by atoms with E-state index in [-0.39, 0.29) is 23.8 Å². The van der Waals surface area contributed by atoms with E-state index in [0.717, 1.165) is 5.56 Å². The Morgan fingerprint density at radius 1 is 1.04 bits per heavy atom. The molecule has 23 heavy (non-hydrogen) atoms. The predicted molar refractivity (Wildman–Crippen MR) is 87.7 cm³/mol. The molecule has 0 atom stereocenters. The van der Waals surface area contributed by atoms with Gasteiger partial charge in [-0.15, -0.1) is 0 Å². The molecule has 1 aromatic heterocycles. The maximum Gasteiger partial charge on any atom is 0.323 e. The summed E-state index contributed by atoms with van der Waals surface area (Å²) in [6.45, 7) is 1.48. The van der Waals surface area contributed by atoms with Crippen LogP contribution >= 0.6 is 0 Å². The molecule has 116 valence electrons. The second-order valence-corrected chi connectivity index (χ2v) is 5.32. The zero-order chi connectivity index (χ0) is 16.4. The van der Waals surface area contributed by atoms with Crippen molar-refractivity contribution in [2.75, 3.05) is 5.32 Å². The topological polar surface area (TPSA) is 94.8 Å². The first-order valence-electron chi connectivity index (χ1n) is 7.13. The first-order chi connectivity index (χ1) is 11.0. The number of ketones is 1. The maximum atomic E-state index is 12.1. The van der Waals surface area contributed by atoms with E-state index >= 15 is 0 Å². The number of amides is 1. The number of carbonyl (C=O) groups is 2. The summed E-state index contributed by atoms with van der Waals surface area (Å²) in [7, 11) is 0. The minimum atomic E-state index is -0.275. The highest BCUT2D eigenvalue weighted by Gasteiger charge is 2.07. The lowest BCUT2D eigenvalue weighted by molar-refractivity contribution is -0.115. The highest BCUT2D eigenvalue weighted by atomic mass is 16.2. The van der Waals surface area contributed by atoms with Crippen molar-refractivity contribution in [2.24, 2.45) is 0 Å². The molecule has 6 nitrogen and oxygen atoms in total. The number of imidazole rings is 1. The van der Waals surface area contributed by atoms with Gasteiger partial charge in [0.1, 0.15) is 0 Å². The van der Waals surface area contributed by atoms with E-state index in [9.17, 15) is 14.4 Å². The van der Waals surface area contributed by atoms with Crippen molar-refractivity contribution in [3.63, 3.8) is 0 Å². The lowest BCUT2D eigenvalue weighted by Gasteiger charge is -2.06. The molecule has 3 aromatic rings. The van der Waals surface area contributed by atoms with E-state index in [1.807, 2.05) is 0 Å². The standard InChI is InChI=1S/C17H15N3O3/c1-10(21)12-3-2-4-13(9-12)18-16(22)8-11-5-6-14-15(7-11)20-17(23)19-14/h2-7,9H,8H2,1H3,(H,18,22)(H2,19,20,23). The van der Waals surface area contributed by atoms with Crippen molar-refractivity contribution in [3.05, 3.63) is 64.1 Å². The number of anilines is 1. The van der Waals surface area contributed by atoms with Crippen molar-refractivity contribution in [2.45, 2.75) is 13.3 Å². The molecule has 0 aliphatic heterocycles. The first kappa shape index (κ1) is 14.8. The van der Waals surface area contributed by atoms with Gasteiger partial charge in [-0.05, 0) is 36.8 Å². The molecule has 0 saturated heterocycles. The van der Waals surface area contributed by atoms with Gasteiger partial charge in [-0.2, -0.15) is 0 Å². The van der Waals surface area contributed by atoms with E-state index in [2.05, 4.69) is 15.3 Å². The Morgan fingerprint density at radius 3 is 2.61 bits per heavy atom. The van der Waals surface area contributed by atoms with Crippen LogP contribution in [0.25, 0.3) is 11.0 Å². The van der Waals surface area contributed by atoms with E-state index < -0.39 is 0 Å². The van der Waals surface area contributed by atoms with Crippen LogP contribution < -0.4 is 11.0 Å². The second kappa shape index (κ2) is 5.92. The number of benzene rings is 2. The van der Waals surface area contributed by atoms with Gasteiger partial charge in [0.25, 0.3) is 0 Å². The number of Topliss-reactive ketones (excluding diaryl/α,β-unsaturated/α-hetero) is 1. The van der Waals surface area contributed by atoms with E-state index in [1.54, 1.807) is 42.5 Å². The molecular weight excluding hydrogens is 294 g/mol. The molecule has 1 heterocycles. The van der Waals surface area contributed by atoms with Gasteiger partial charge in [-0.1, -0.05) is 18.2 Å². The van der Waals surface area contributed by atoms with Crippen LogP contribution in [0.3, 0.4) is 0 Å². The molecule has 0 fully saturated rings. The summed E-state index contributed by atoms with van der Waals surface area (Å²) in [5, 5.41) is 2.77. The largest absolute Gasteiger partial charge is 0.326 e. The molecule has 3 rings (SSSR count). The summed E-state index contributed by atoms with van der Waals surface area (Å²) in [6.07, 6.45) is 0.174. The highest BCUT2D eigenvalue weighted by Crippen LogP contribution is 2.14. The number of aromatic nitrogens is 2. The number of hydrogen-bond acceptors (Lipinski definition) is 3. The fourth-order valence-corrected chi connectivity index (χ4v) is 2.40. The molecule has 6 heteroatoms. The van der Waals surface area contributed by atoms with E-state index in [0.29, 0.717) is 22.3 Å². The lowest BCUT2D eigenvalue weighted by Crippen LogP contribution is -2.14. The second-order valence-electron chi connectivity index (χ2n) is 5.32. The Hall–Kier alpha value is -3.15. The summed E-state index contributed by atoms with van der Waals surface area (Å²) in [5.41, 5.74) is 3.01. The third kappa shape index (κ3) is 3.37. The SMILES string of the molecule is CC(=O)c1cccc(NC(=O)Cc2ccc3[nH]c(=O)[nH]c3c2)c1. The first-order valence-corrected chi connectivity index (χ1v) is 7.13. The van der Waals surface area contributed by atoms with Crippen molar-refractivity contribution >= 4 is 28.4 Å². The van der Waals surface area contributed by atoms with Gasteiger partial charge in [-0.3, -0.25) is 9.59 Å². The highest BCUT2D eigenvalue weighted by molar-refractivity contribution is 5.97. The smallest absolute Gasteiger partial charge is 0.323 e. The molecule has 0 radical (unpaired) electrons. The van der Waals surface area contributed by atoms with Crippen molar-refractivity contribution in [1.82, 2.24) is 9.97 Å². The van der Waals surface area contributed by atoms with E-state index in [1.165, 1.54) is 6.92 Å². The van der Waals surface area contributed by atoms with Crippen LogP contribution in [-0.2, 0) is 11.2 Å². The molecule has 0 bridgehead atoms. The molecule has 0 saturated carbocycles. The van der Waals surface area contributed by atoms with Gasteiger partial charge in [-0.25, -0.2) is 4.79 Å². The molecular formula is C17H15N3O3. The molecule has 3 N–H and O–H groups in total. The van der Waals surface area contributed by atoms with Gasteiger partial charge >= 0.3 is 5.69 Å². The zero-order valence-electron chi connectivity index (χ0n) is 12.5. The Balaban J connectivity index is 1.74. The van der Waals surface area contributed by atoms with Gasteiger partial charge in [0.2, 0.25) is 5.91 Å². The Kier molecular flexibility index (Phi) is 3.80. The van der Waals surface area contributed by atoms with Crippen LogP contribution in [-0.4, -0.2) is 21.7 Å². The van der Waals surface area contributed by atoms with Crippen LogP contribution in [0.2, 0.25) is 0 Å². The number of hydrogen-bond donors (Lipinski definition) is 3. The summed E-state index contributed by atoms with van der Waals surface area (Å²) < 4.78 is 0. The molecule has 0 aliphatic carbocycles. The van der Waals surface area contributed by atoms with Crippen LogP contribution in [0, 0.1) is 0 Å². The lowest BCUT2D eigenvalue weighted by atomic mass is 10.1. The number of aromatic amines is 2. The number of fused-ring (bicyclic) bond motifs is 1. The van der Waals surface area contributed by atoms with Crippen molar-refractivity contribution in [1.29, 1.82) is 0 Å². The van der Waals surface area contributed by atoms with Gasteiger partial charge in [0.15, 0.2) is 5.78 Å². The minimum absolute atomic E-state index is 0.0528. The van der Waals surface area contributed by atoms with Crippen LogP contribution in [0.15, 0.2) is 47.3 Å². The van der Waals surface area contributed by atoms with Gasteiger partial charge in [0, 0.05) is 11.3 Å². The predicted octanol–water partition coefficient (Wildman–Crippen LogP) is 2.24. The molecule has 0 spiro atoms. The third-order valence-electron chi connectivity index (χ3n) is 3.50. The Morgan fingerprint density at radius 2 is 1.83 bits per heavy atom. The summed E-state index contributed by atoms with van der Waals surface area (Å²) in [6, 6.07) is 12.1. The monoisotopic (exact) mass is 309 g/mol. The molecule has 1 amide bonds. The summed E-state index contributed by atoms with van der Waals surface area (Å²) in [5.74, 6) is -0.245. The van der Waals surface area contributed by atoms with Crippen LogP contribution in [0.1, 0.15) is 22.8 Å². The summed E-state index contributed by atoms with van der Waals surface area (Å²) in [4.78, 5) is 40.0. The van der Waals surface area contributed by atoms with Gasteiger partial charge in [0.05, 0.1) is 17.5 Å². The average Bonchev–Trinajstić information content (AvgIpc) is 2.86. The molecule has 0 unspecified atom stereocenters. The van der Waals surface area contributed by atoms with Crippen molar-refractivity contribution in [3.8, 4) is 0 Å². The average molecular weight is 309 g/mol. The number of nitrogens with one attached hydrogen (secondary N) is 3. The van der Waals surface area contributed by atoms with Crippen LogP contribution in [0.5, 0.6) is 0 Å². The zero-order valence-corrected chi connectivity index (χ0v) is 12.5. The molecule has 0 aliphatic rings. The Bertz CT molecular complexity index is 953. The summed E-state index contributed by atoms with van der Waals surface area (Å²) >= 11 is 0. The third-order valence-corrected chi connectivity index (χ3v) is 3.50. The maximum absolute atomic E-state index is 12.1. The fourth-order valence-electron chi connectivity index (χ4n) is 2.40. The fraction of sp³-hybridized carbons (Fsp3) is 0.118. The van der Waals surface area contributed by atoms with Gasteiger partial charge < -0.3 is 15.3 Å². The Labute approximate surface area is 131 Å². The minimum Gasteiger partial charge on any atom is -0.326 e. The number of H-pyrrole nitrogens is 2. The number of rotatable bonds is 4. The molecule has 2 aromatic carbocycles. The quantitative estimate of drug-likeness (QED) is 0.645. The van der Waals surface area contributed by atoms with E-state index in [4.69, 9.17) is 0 Å².